The number of halogens is 2. The highest BCUT2D eigenvalue weighted by Gasteiger charge is 2.55. The predicted molar refractivity (Wildman–Crippen MR) is 128 cm³/mol. The van der Waals surface area contributed by atoms with Gasteiger partial charge in [-0.25, -0.2) is 27.2 Å². The van der Waals surface area contributed by atoms with Gasteiger partial charge < -0.3 is 5.32 Å². The molecular formula is C25H24F2N4O2S. The van der Waals surface area contributed by atoms with Gasteiger partial charge in [0, 0.05) is 41.2 Å². The molecule has 1 aromatic heterocycles. The molecule has 176 valence electrons. The van der Waals surface area contributed by atoms with Crippen molar-refractivity contribution >= 4 is 27.7 Å². The topological polar surface area (TPSA) is 84.3 Å². The SMILES string of the molecule is CC1(C)CN=Cc2ccc(-c3nc(Nc4ccc(F)c(C5(S(C)(=O)=O)CC5)c4)ncc3F)cc21. The highest BCUT2D eigenvalue weighted by molar-refractivity contribution is 7.92. The minimum Gasteiger partial charge on any atom is -0.324 e. The van der Waals surface area contributed by atoms with E-state index >= 15 is 0 Å². The lowest BCUT2D eigenvalue weighted by Crippen LogP contribution is -2.26. The molecule has 0 atom stereocenters. The van der Waals surface area contributed by atoms with Crippen molar-refractivity contribution in [2.75, 3.05) is 18.1 Å². The van der Waals surface area contributed by atoms with Gasteiger partial charge in [-0.1, -0.05) is 26.0 Å². The Kier molecular flexibility index (Phi) is 5.09. The zero-order chi connectivity index (χ0) is 24.3. The molecule has 9 heteroatoms. The van der Waals surface area contributed by atoms with Crippen molar-refractivity contribution in [3.63, 3.8) is 0 Å². The van der Waals surface area contributed by atoms with Gasteiger partial charge >= 0.3 is 0 Å². The molecule has 2 heterocycles. The normalized spacial score (nSPS) is 17.8. The van der Waals surface area contributed by atoms with Crippen LogP contribution in [-0.2, 0) is 20.0 Å². The second kappa shape index (κ2) is 7.66. The van der Waals surface area contributed by atoms with Crippen LogP contribution in [0.2, 0.25) is 0 Å². The molecule has 1 aliphatic heterocycles. The van der Waals surface area contributed by atoms with E-state index in [2.05, 4.69) is 34.1 Å². The second-order valence-electron chi connectivity index (χ2n) is 9.63. The molecule has 0 amide bonds. The van der Waals surface area contributed by atoms with Gasteiger partial charge in [-0.15, -0.1) is 0 Å². The van der Waals surface area contributed by atoms with Gasteiger partial charge in [-0.2, -0.15) is 0 Å². The third kappa shape index (κ3) is 3.77. The Balaban J connectivity index is 1.50. The molecule has 1 saturated carbocycles. The van der Waals surface area contributed by atoms with E-state index in [-0.39, 0.29) is 22.6 Å². The molecule has 34 heavy (non-hydrogen) atoms. The molecule has 1 aliphatic carbocycles. The molecule has 2 aliphatic rings. The Morgan fingerprint density at radius 2 is 1.76 bits per heavy atom. The largest absolute Gasteiger partial charge is 0.324 e. The molecule has 0 saturated heterocycles. The molecule has 0 bridgehead atoms. The maximum atomic E-state index is 14.7. The number of nitrogens with zero attached hydrogens (tertiary/aromatic N) is 3. The minimum absolute atomic E-state index is 0.122. The summed E-state index contributed by atoms with van der Waals surface area (Å²) < 4.78 is 52.6. The monoisotopic (exact) mass is 482 g/mol. The van der Waals surface area contributed by atoms with Crippen LogP contribution in [0.3, 0.4) is 0 Å². The standard InChI is InChI=1S/C25H24F2N4O2S/c1-24(2)14-28-12-16-5-4-15(10-18(16)24)22-21(27)13-29-23(31-22)30-17-6-7-20(26)19(11-17)25(8-9-25)34(3,32)33/h4-7,10-13H,8-9,14H2,1-3H3,(H,29,30,31). The summed E-state index contributed by atoms with van der Waals surface area (Å²) in [4.78, 5) is 12.8. The average Bonchev–Trinajstić information content (AvgIpc) is 3.58. The van der Waals surface area contributed by atoms with Crippen molar-refractivity contribution in [1.82, 2.24) is 9.97 Å². The average molecular weight is 483 g/mol. The molecule has 6 nitrogen and oxygen atoms in total. The Morgan fingerprint density at radius 1 is 1.00 bits per heavy atom. The third-order valence-electron chi connectivity index (χ3n) is 6.64. The van der Waals surface area contributed by atoms with Gasteiger partial charge in [0.2, 0.25) is 5.95 Å². The predicted octanol–water partition coefficient (Wildman–Crippen LogP) is 4.91. The van der Waals surface area contributed by atoms with Crippen LogP contribution in [-0.4, -0.2) is 37.4 Å². The van der Waals surface area contributed by atoms with E-state index < -0.39 is 26.2 Å². The summed E-state index contributed by atoms with van der Waals surface area (Å²) in [6.07, 6.45) is 4.79. The number of nitrogens with one attached hydrogen (secondary N) is 1. The van der Waals surface area contributed by atoms with Crippen molar-refractivity contribution in [2.45, 2.75) is 36.9 Å². The van der Waals surface area contributed by atoms with E-state index in [0.717, 1.165) is 23.6 Å². The molecule has 0 unspecified atom stereocenters. The summed E-state index contributed by atoms with van der Waals surface area (Å²) in [6.45, 7) is 4.82. The lowest BCUT2D eigenvalue weighted by molar-refractivity contribution is 0.534. The maximum absolute atomic E-state index is 14.7. The Bertz CT molecular complexity index is 1450. The first kappa shape index (κ1) is 22.6. The molecular weight excluding hydrogens is 458 g/mol. The van der Waals surface area contributed by atoms with Crippen LogP contribution in [0.5, 0.6) is 0 Å². The van der Waals surface area contributed by atoms with E-state index in [0.29, 0.717) is 30.6 Å². The van der Waals surface area contributed by atoms with E-state index in [1.165, 1.54) is 18.2 Å². The minimum atomic E-state index is -3.48. The summed E-state index contributed by atoms with van der Waals surface area (Å²) in [5.74, 6) is -1.02. The van der Waals surface area contributed by atoms with Crippen LogP contribution in [0, 0.1) is 11.6 Å². The molecule has 3 aromatic rings. The maximum Gasteiger partial charge on any atom is 0.227 e. The van der Waals surface area contributed by atoms with Crippen LogP contribution in [0.25, 0.3) is 11.3 Å². The number of aliphatic imine (C=N–C) groups is 1. The first-order chi connectivity index (χ1) is 16.0. The number of rotatable bonds is 5. The summed E-state index contributed by atoms with van der Waals surface area (Å²) in [5.41, 5.74) is 3.16. The smallest absolute Gasteiger partial charge is 0.227 e. The number of benzene rings is 2. The number of sulfone groups is 1. The number of hydrogen-bond donors (Lipinski definition) is 1. The highest BCUT2D eigenvalue weighted by Crippen LogP contribution is 2.53. The van der Waals surface area contributed by atoms with Crippen molar-refractivity contribution in [3.8, 4) is 11.3 Å². The van der Waals surface area contributed by atoms with E-state index in [9.17, 15) is 17.2 Å². The van der Waals surface area contributed by atoms with Crippen LogP contribution < -0.4 is 5.32 Å². The number of aromatic nitrogens is 2. The first-order valence-electron chi connectivity index (χ1n) is 10.9. The lowest BCUT2D eigenvalue weighted by atomic mass is 9.79. The van der Waals surface area contributed by atoms with E-state index in [1.807, 2.05) is 18.3 Å². The fourth-order valence-electron chi connectivity index (χ4n) is 4.52. The van der Waals surface area contributed by atoms with Crippen LogP contribution in [0.15, 0.2) is 47.6 Å². The second-order valence-corrected chi connectivity index (χ2v) is 12.0. The van der Waals surface area contributed by atoms with Crippen molar-refractivity contribution in [3.05, 3.63) is 70.9 Å². The molecule has 5 rings (SSSR count). The van der Waals surface area contributed by atoms with Gasteiger partial charge in [0.05, 0.1) is 10.9 Å². The van der Waals surface area contributed by atoms with Crippen LogP contribution in [0.4, 0.5) is 20.4 Å². The summed E-state index contributed by atoms with van der Waals surface area (Å²) in [5, 5.41) is 2.97. The summed E-state index contributed by atoms with van der Waals surface area (Å²) >= 11 is 0. The quantitative estimate of drug-likeness (QED) is 0.559. The third-order valence-corrected chi connectivity index (χ3v) is 8.69. The number of hydrogen-bond acceptors (Lipinski definition) is 6. The number of anilines is 2. The van der Waals surface area contributed by atoms with Crippen LogP contribution in [0.1, 0.15) is 43.4 Å². The van der Waals surface area contributed by atoms with E-state index in [1.54, 1.807) is 6.07 Å². The van der Waals surface area contributed by atoms with Crippen molar-refractivity contribution < 1.29 is 17.2 Å². The molecule has 0 spiro atoms. The molecule has 0 radical (unpaired) electrons. The Morgan fingerprint density at radius 3 is 2.47 bits per heavy atom. The molecule has 1 N–H and O–H groups in total. The Labute approximate surface area is 197 Å². The highest BCUT2D eigenvalue weighted by atomic mass is 32.2. The zero-order valence-electron chi connectivity index (χ0n) is 19.1. The fraction of sp³-hybridized carbons (Fsp3) is 0.320. The molecule has 1 fully saturated rings. The van der Waals surface area contributed by atoms with E-state index in [4.69, 9.17) is 0 Å². The van der Waals surface area contributed by atoms with Gasteiger partial charge in [0.15, 0.2) is 15.7 Å². The van der Waals surface area contributed by atoms with Crippen molar-refractivity contribution in [2.24, 2.45) is 4.99 Å². The summed E-state index contributed by atoms with van der Waals surface area (Å²) in [6, 6.07) is 9.78. The molecule has 2 aromatic carbocycles. The first-order valence-corrected chi connectivity index (χ1v) is 12.8. The van der Waals surface area contributed by atoms with Gasteiger partial charge in [0.1, 0.15) is 11.5 Å². The fourth-order valence-corrected chi connectivity index (χ4v) is 5.92. The summed E-state index contributed by atoms with van der Waals surface area (Å²) in [7, 11) is -3.48. The zero-order valence-corrected chi connectivity index (χ0v) is 19.9. The van der Waals surface area contributed by atoms with Gasteiger partial charge in [0.25, 0.3) is 0 Å². The van der Waals surface area contributed by atoms with Gasteiger partial charge in [-0.05, 0) is 48.2 Å². The number of fused-ring (bicyclic) bond motifs is 1. The van der Waals surface area contributed by atoms with Gasteiger partial charge in [-0.3, -0.25) is 4.99 Å². The lowest BCUT2D eigenvalue weighted by Gasteiger charge is -2.28. The van der Waals surface area contributed by atoms with Crippen LogP contribution >= 0.6 is 0 Å². The van der Waals surface area contributed by atoms with Crippen molar-refractivity contribution in [1.29, 1.82) is 0 Å². The Hall–Kier alpha value is -3.20.